The molecule has 3 rings (SSSR count). The van der Waals surface area contributed by atoms with Crippen molar-refractivity contribution in [2.24, 2.45) is 0 Å². The van der Waals surface area contributed by atoms with Crippen LogP contribution in [0.2, 0.25) is 0 Å². The van der Waals surface area contributed by atoms with Crippen molar-refractivity contribution in [2.75, 3.05) is 0 Å². The number of benzene rings is 2. The Morgan fingerprint density at radius 3 is 2.56 bits per heavy atom. The fourth-order valence-corrected chi connectivity index (χ4v) is 3.22. The van der Waals surface area contributed by atoms with Gasteiger partial charge in [0.15, 0.2) is 0 Å². The van der Waals surface area contributed by atoms with E-state index in [-0.39, 0.29) is 17.7 Å². The third-order valence-electron chi connectivity index (χ3n) is 4.69. The summed E-state index contributed by atoms with van der Waals surface area (Å²) in [6.45, 7) is 6.80. The van der Waals surface area contributed by atoms with Crippen LogP contribution in [0.3, 0.4) is 0 Å². The summed E-state index contributed by atoms with van der Waals surface area (Å²) in [5, 5.41) is 0. The van der Waals surface area contributed by atoms with Crippen LogP contribution >= 0.6 is 0 Å². The molecule has 0 radical (unpaired) electrons. The molecular weight excluding hydrogens is 340 g/mol. The van der Waals surface area contributed by atoms with Gasteiger partial charge >= 0.3 is 0 Å². The maximum absolute atomic E-state index is 12.3. The van der Waals surface area contributed by atoms with E-state index < -0.39 is 0 Å². The SMILES string of the molecule is CCn1c(C)nc2cc(C(=O)NNC(=O)C[C@@H](C)c3ccccc3)ccc21. The first-order valence-corrected chi connectivity index (χ1v) is 9.10. The van der Waals surface area contributed by atoms with Crippen LogP contribution in [0.4, 0.5) is 0 Å². The van der Waals surface area contributed by atoms with Crippen LogP contribution in [0, 0.1) is 6.92 Å². The third-order valence-corrected chi connectivity index (χ3v) is 4.69. The lowest BCUT2D eigenvalue weighted by molar-refractivity contribution is -0.122. The molecule has 3 aromatic rings. The Morgan fingerprint density at radius 2 is 1.85 bits per heavy atom. The minimum Gasteiger partial charge on any atom is -0.329 e. The highest BCUT2D eigenvalue weighted by Gasteiger charge is 2.14. The lowest BCUT2D eigenvalue weighted by Gasteiger charge is -2.12. The van der Waals surface area contributed by atoms with Crippen molar-refractivity contribution in [1.82, 2.24) is 20.4 Å². The number of hydrogen-bond acceptors (Lipinski definition) is 3. The van der Waals surface area contributed by atoms with Crippen LogP contribution in [-0.2, 0) is 11.3 Å². The fourth-order valence-electron chi connectivity index (χ4n) is 3.22. The summed E-state index contributed by atoms with van der Waals surface area (Å²) in [6.07, 6.45) is 0.295. The first-order valence-electron chi connectivity index (χ1n) is 9.10. The molecule has 0 saturated heterocycles. The van der Waals surface area contributed by atoms with Crippen molar-refractivity contribution in [3.8, 4) is 0 Å². The van der Waals surface area contributed by atoms with Gasteiger partial charge in [-0.3, -0.25) is 20.4 Å². The third kappa shape index (κ3) is 4.16. The van der Waals surface area contributed by atoms with Gasteiger partial charge in [-0.2, -0.15) is 0 Å². The van der Waals surface area contributed by atoms with E-state index in [4.69, 9.17) is 0 Å². The van der Waals surface area contributed by atoms with E-state index in [0.717, 1.165) is 29.0 Å². The molecule has 0 bridgehead atoms. The van der Waals surface area contributed by atoms with E-state index in [1.54, 1.807) is 12.1 Å². The van der Waals surface area contributed by atoms with E-state index in [2.05, 4.69) is 27.3 Å². The van der Waals surface area contributed by atoms with E-state index in [9.17, 15) is 9.59 Å². The Balaban J connectivity index is 1.60. The molecule has 0 aliphatic rings. The molecule has 27 heavy (non-hydrogen) atoms. The van der Waals surface area contributed by atoms with Gasteiger partial charge in [0.05, 0.1) is 11.0 Å². The predicted octanol–water partition coefficient (Wildman–Crippen LogP) is 3.32. The highest BCUT2D eigenvalue weighted by Crippen LogP contribution is 2.19. The van der Waals surface area contributed by atoms with Crippen LogP contribution in [0.1, 0.15) is 47.9 Å². The maximum Gasteiger partial charge on any atom is 0.269 e. The second kappa shape index (κ2) is 8.03. The molecule has 0 saturated carbocycles. The molecule has 0 unspecified atom stereocenters. The zero-order valence-corrected chi connectivity index (χ0v) is 15.8. The molecule has 0 spiro atoms. The van der Waals surface area contributed by atoms with Gasteiger partial charge in [0, 0.05) is 18.5 Å². The first-order chi connectivity index (χ1) is 13.0. The minimum absolute atomic E-state index is 0.0698. The second-order valence-corrected chi connectivity index (χ2v) is 6.62. The van der Waals surface area contributed by atoms with Crippen molar-refractivity contribution in [2.45, 2.75) is 39.7 Å². The number of rotatable bonds is 5. The van der Waals surface area contributed by atoms with Gasteiger partial charge in [-0.25, -0.2) is 4.98 Å². The summed E-state index contributed by atoms with van der Waals surface area (Å²) < 4.78 is 2.09. The lowest BCUT2D eigenvalue weighted by Crippen LogP contribution is -2.42. The largest absolute Gasteiger partial charge is 0.329 e. The van der Waals surface area contributed by atoms with Gasteiger partial charge in [-0.05, 0) is 43.5 Å². The summed E-state index contributed by atoms with van der Waals surface area (Å²) in [6, 6.07) is 15.2. The van der Waals surface area contributed by atoms with Crippen molar-refractivity contribution in [3.63, 3.8) is 0 Å². The molecule has 1 atom stereocenters. The molecule has 2 amide bonds. The van der Waals surface area contributed by atoms with Gasteiger partial charge < -0.3 is 4.57 Å². The summed E-state index contributed by atoms with van der Waals surface area (Å²) in [4.78, 5) is 29.0. The number of aryl methyl sites for hydroxylation is 2. The average molecular weight is 364 g/mol. The number of aromatic nitrogens is 2. The van der Waals surface area contributed by atoms with Gasteiger partial charge in [0.2, 0.25) is 5.91 Å². The Hall–Kier alpha value is -3.15. The Labute approximate surface area is 158 Å². The number of hydrogen-bond donors (Lipinski definition) is 2. The quantitative estimate of drug-likeness (QED) is 0.682. The van der Waals surface area contributed by atoms with Crippen LogP contribution in [0.15, 0.2) is 48.5 Å². The van der Waals surface area contributed by atoms with E-state index in [0.29, 0.717) is 12.0 Å². The monoisotopic (exact) mass is 364 g/mol. The number of imidazole rings is 1. The lowest BCUT2D eigenvalue weighted by atomic mass is 9.98. The van der Waals surface area contributed by atoms with Crippen molar-refractivity contribution in [3.05, 3.63) is 65.5 Å². The van der Waals surface area contributed by atoms with Gasteiger partial charge in [0.25, 0.3) is 5.91 Å². The van der Waals surface area contributed by atoms with Crippen molar-refractivity contribution >= 4 is 22.8 Å². The number of carbonyl (C=O) groups is 2. The molecule has 140 valence electrons. The van der Waals surface area contributed by atoms with E-state index in [1.807, 2.05) is 50.2 Å². The van der Waals surface area contributed by atoms with E-state index >= 15 is 0 Å². The Morgan fingerprint density at radius 1 is 1.11 bits per heavy atom. The minimum atomic E-state index is -0.360. The van der Waals surface area contributed by atoms with Crippen LogP contribution in [-0.4, -0.2) is 21.4 Å². The highest BCUT2D eigenvalue weighted by atomic mass is 16.2. The van der Waals surface area contributed by atoms with Gasteiger partial charge in [-0.1, -0.05) is 37.3 Å². The Bertz CT molecular complexity index is 963. The fraction of sp³-hybridized carbons (Fsp3) is 0.286. The zero-order valence-electron chi connectivity index (χ0n) is 15.8. The van der Waals surface area contributed by atoms with Gasteiger partial charge in [-0.15, -0.1) is 0 Å². The van der Waals surface area contributed by atoms with Crippen molar-refractivity contribution in [1.29, 1.82) is 0 Å². The molecule has 2 aromatic carbocycles. The Kier molecular flexibility index (Phi) is 5.54. The molecular formula is C21H24N4O2. The van der Waals surface area contributed by atoms with Crippen molar-refractivity contribution < 1.29 is 9.59 Å². The molecule has 0 aliphatic carbocycles. The number of carbonyl (C=O) groups excluding carboxylic acids is 2. The number of fused-ring (bicyclic) bond motifs is 1. The molecule has 0 fully saturated rings. The highest BCUT2D eigenvalue weighted by molar-refractivity contribution is 5.98. The number of amides is 2. The number of nitrogens with zero attached hydrogens (tertiary/aromatic N) is 2. The molecule has 2 N–H and O–H groups in total. The van der Waals surface area contributed by atoms with Crippen LogP contribution in [0.5, 0.6) is 0 Å². The molecule has 6 nitrogen and oxygen atoms in total. The normalized spacial score (nSPS) is 12.0. The average Bonchev–Trinajstić information content (AvgIpc) is 3.00. The number of nitrogens with one attached hydrogen (secondary N) is 2. The summed E-state index contributed by atoms with van der Waals surface area (Å²) >= 11 is 0. The topological polar surface area (TPSA) is 76.0 Å². The smallest absolute Gasteiger partial charge is 0.269 e. The zero-order chi connectivity index (χ0) is 19.4. The second-order valence-electron chi connectivity index (χ2n) is 6.62. The summed E-state index contributed by atoms with van der Waals surface area (Å²) in [5.74, 6) is 0.391. The standard InChI is InChI=1S/C21H24N4O2/c1-4-25-15(3)22-18-13-17(10-11-19(18)25)21(27)24-23-20(26)12-14(2)16-8-6-5-7-9-16/h5-11,13-14H,4,12H2,1-3H3,(H,23,26)(H,24,27)/t14-/m1/s1. The van der Waals surface area contributed by atoms with Crippen LogP contribution in [0.25, 0.3) is 11.0 Å². The summed E-state index contributed by atoms with van der Waals surface area (Å²) in [5.41, 5.74) is 8.29. The van der Waals surface area contributed by atoms with Crippen LogP contribution < -0.4 is 10.9 Å². The first kappa shape index (κ1) is 18.6. The van der Waals surface area contributed by atoms with E-state index in [1.165, 1.54) is 0 Å². The maximum atomic E-state index is 12.3. The molecule has 6 heteroatoms. The molecule has 0 aliphatic heterocycles. The molecule has 1 heterocycles. The van der Waals surface area contributed by atoms with Gasteiger partial charge in [0.1, 0.15) is 5.82 Å². The number of hydrazine groups is 1. The summed E-state index contributed by atoms with van der Waals surface area (Å²) in [7, 11) is 0. The predicted molar refractivity (Wildman–Crippen MR) is 105 cm³/mol. The molecule has 1 aromatic heterocycles.